The minimum absolute atomic E-state index is 0.575. The molecule has 0 aromatic heterocycles. The van der Waals surface area contributed by atoms with E-state index in [4.69, 9.17) is 0 Å². The average Bonchev–Trinajstić information content (AvgIpc) is 2.37. The van der Waals surface area contributed by atoms with Gasteiger partial charge in [0.25, 0.3) is 0 Å². The first-order chi connectivity index (χ1) is 9.22. The number of hydrogen-bond acceptors (Lipinski definition) is 2. The second-order valence-electron chi connectivity index (χ2n) is 6.96. The van der Waals surface area contributed by atoms with E-state index in [0.29, 0.717) is 5.92 Å². The first-order valence-electron chi connectivity index (χ1n) is 7.67. The Morgan fingerprint density at radius 3 is 2.00 bits per heavy atom. The Morgan fingerprint density at radius 1 is 0.842 bits per heavy atom. The smallest absolute Gasteiger partial charge is 0.423 e. The first-order valence-corrected chi connectivity index (χ1v) is 7.67. The van der Waals surface area contributed by atoms with Gasteiger partial charge in [0, 0.05) is 0 Å². The highest BCUT2D eigenvalue weighted by molar-refractivity contribution is 6.59. The molecule has 0 amide bonds. The monoisotopic (exact) mass is 256 g/mol. The lowest BCUT2D eigenvalue weighted by atomic mass is 9.49. The van der Waals surface area contributed by atoms with Crippen LogP contribution in [0.5, 0.6) is 0 Å². The molecule has 3 heteroatoms. The largest absolute Gasteiger partial charge is 0.488 e. The molecule has 19 heavy (non-hydrogen) atoms. The fourth-order valence-corrected chi connectivity index (χ4v) is 5.48. The maximum Gasteiger partial charge on any atom is 0.488 e. The summed E-state index contributed by atoms with van der Waals surface area (Å²) >= 11 is 0. The molecule has 1 aromatic carbocycles. The Bertz CT molecular complexity index is 457. The van der Waals surface area contributed by atoms with Gasteiger partial charge in [-0.05, 0) is 72.7 Å². The van der Waals surface area contributed by atoms with Crippen LogP contribution in [0.4, 0.5) is 0 Å². The van der Waals surface area contributed by atoms with Gasteiger partial charge >= 0.3 is 7.12 Å². The SMILES string of the molecule is OB(O)c1ccccc1C1C2CC3CC(C2)CC1C3. The minimum atomic E-state index is -1.33. The molecule has 5 rings (SSSR count). The fraction of sp³-hybridized carbons (Fsp3) is 0.625. The number of hydrogen-bond donors (Lipinski definition) is 2. The van der Waals surface area contributed by atoms with Gasteiger partial charge in [-0.3, -0.25) is 0 Å². The predicted octanol–water partition coefficient (Wildman–Crippen LogP) is 1.91. The summed E-state index contributed by atoms with van der Waals surface area (Å²) in [7, 11) is -1.33. The normalized spacial score (nSPS) is 39.6. The van der Waals surface area contributed by atoms with Gasteiger partial charge in [-0.15, -0.1) is 0 Å². The quantitative estimate of drug-likeness (QED) is 0.793. The molecular formula is C16H21BO2. The van der Waals surface area contributed by atoms with E-state index >= 15 is 0 Å². The number of rotatable bonds is 2. The molecule has 4 saturated carbocycles. The molecule has 0 radical (unpaired) electrons. The molecule has 2 N–H and O–H groups in total. The third kappa shape index (κ3) is 1.86. The lowest BCUT2D eigenvalue weighted by molar-refractivity contribution is -0.00252. The van der Waals surface area contributed by atoms with Gasteiger partial charge in [0.1, 0.15) is 0 Å². The predicted molar refractivity (Wildman–Crippen MR) is 76.1 cm³/mol. The van der Waals surface area contributed by atoms with Crippen molar-refractivity contribution in [1.82, 2.24) is 0 Å². The average molecular weight is 256 g/mol. The van der Waals surface area contributed by atoms with Gasteiger partial charge in [-0.1, -0.05) is 24.3 Å². The van der Waals surface area contributed by atoms with E-state index in [-0.39, 0.29) is 0 Å². The molecule has 0 aliphatic heterocycles. The molecule has 0 atom stereocenters. The molecular weight excluding hydrogens is 235 g/mol. The van der Waals surface area contributed by atoms with Crippen molar-refractivity contribution in [3.8, 4) is 0 Å². The van der Waals surface area contributed by atoms with Crippen molar-refractivity contribution in [3.63, 3.8) is 0 Å². The van der Waals surface area contributed by atoms with Gasteiger partial charge in [0.15, 0.2) is 0 Å². The second kappa shape index (κ2) is 4.36. The van der Waals surface area contributed by atoms with Crippen molar-refractivity contribution >= 4 is 12.6 Å². The van der Waals surface area contributed by atoms with Crippen LogP contribution in [0, 0.1) is 23.7 Å². The van der Waals surface area contributed by atoms with Crippen molar-refractivity contribution < 1.29 is 10.0 Å². The Hall–Kier alpha value is -0.795. The molecule has 4 fully saturated rings. The van der Waals surface area contributed by atoms with Gasteiger partial charge < -0.3 is 10.0 Å². The van der Waals surface area contributed by atoms with E-state index in [2.05, 4.69) is 6.07 Å². The Balaban J connectivity index is 1.73. The van der Waals surface area contributed by atoms with Crippen LogP contribution < -0.4 is 5.46 Å². The van der Waals surface area contributed by atoms with Crippen LogP contribution in [0.2, 0.25) is 0 Å². The molecule has 100 valence electrons. The van der Waals surface area contributed by atoms with E-state index < -0.39 is 7.12 Å². The molecule has 0 unspecified atom stereocenters. The maximum atomic E-state index is 9.61. The highest BCUT2D eigenvalue weighted by Crippen LogP contribution is 2.59. The van der Waals surface area contributed by atoms with Gasteiger partial charge in [0.2, 0.25) is 0 Å². The van der Waals surface area contributed by atoms with Crippen molar-refractivity contribution in [2.45, 2.75) is 38.0 Å². The van der Waals surface area contributed by atoms with Crippen LogP contribution in [0.1, 0.15) is 43.6 Å². The summed E-state index contributed by atoms with van der Waals surface area (Å²) in [6, 6.07) is 7.97. The van der Waals surface area contributed by atoms with Crippen molar-refractivity contribution in [2.24, 2.45) is 23.7 Å². The molecule has 4 aliphatic carbocycles. The summed E-state index contributed by atoms with van der Waals surface area (Å²) in [6.45, 7) is 0. The molecule has 2 nitrogen and oxygen atoms in total. The van der Waals surface area contributed by atoms with Crippen molar-refractivity contribution in [1.29, 1.82) is 0 Å². The topological polar surface area (TPSA) is 40.5 Å². The lowest BCUT2D eigenvalue weighted by Crippen LogP contribution is -2.46. The summed E-state index contributed by atoms with van der Waals surface area (Å²) in [5.41, 5.74) is 1.95. The minimum Gasteiger partial charge on any atom is -0.423 e. The molecule has 1 aromatic rings. The lowest BCUT2D eigenvalue weighted by Gasteiger charge is -2.55. The van der Waals surface area contributed by atoms with E-state index in [1.165, 1.54) is 37.7 Å². The summed E-state index contributed by atoms with van der Waals surface area (Å²) in [4.78, 5) is 0. The Morgan fingerprint density at radius 2 is 1.42 bits per heavy atom. The number of benzene rings is 1. The van der Waals surface area contributed by atoms with Crippen LogP contribution in [-0.4, -0.2) is 17.2 Å². The van der Waals surface area contributed by atoms with E-state index in [1.54, 1.807) is 0 Å². The van der Waals surface area contributed by atoms with Crippen LogP contribution in [0.25, 0.3) is 0 Å². The van der Waals surface area contributed by atoms with Crippen LogP contribution in [0.15, 0.2) is 24.3 Å². The third-order valence-corrected chi connectivity index (χ3v) is 5.86. The molecule has 0 saturated heterocycles. The van der Waals surface area contributed by atoms with Crippen molar-refractivity contribution in [2.75, 3.05) is 0 Å². The van der Waals surface area contributed by atoms with E-state index in [9.17, 15) is 10.0 Å². The summed E-state index contributed by atoms with van der Waals surface area (Å²) in [6.07, 6.45) is 6.94. The zero-order valence-electron chi connectivity index (χ0n) is 11.2. The van der Waals surface area contributed by atoms with Gasteiger partial charge in [-0.25, -0.2) is 0 Å². The maximum absolute atomic E-state index is 9.61. The second-order valence-corrected chi connectivity index (χ2v) is 6.96. The van der Waals surface area contributed by atoms with E-state index in [0.717, 1.165) is 29.1 Å². The summed E-state index contributed by atoms with van der Waals surface area (Å²) < 4.78 is 0. The van der Waals surface area contributed by atoms with Crippen molar-refractivity contribution in [3.05, 3.63) is 29.8 Å². The summed E-state index contributed by atoms with van der Waals surface area (Å²) in [5.74, 6) is 4.08. The highest BCUT2D eigenvalue weighted by Gasteiger charge is 2.49. The standard InChI is InChI=1S/C16H21BO2/c18-17(19)15-4-2-1-3-14(15)16-12-6-10-5-11(8-12)9-13(16)7-10/h1-4,10-13,16,18-19H,5-9H2. The first kappa shape index (κ1) is 12.0. The van der Waals surface area contributed by atoms with Crippen LogP contribution in [0.3, 0.4) is 0 Å². The van der Waals surface area contributed by atoms with E-state index in [1.807, 2.05) is 18.2 Å². The highest BCUT2D eigenvalue weighted by atomic mass is 16.4. The molecule has 4 aliphatic rings. The molecule has 0 spiro atoms. The van der Waals surface area contributed by atoms with Gasteiger partial charge in [0.05, 0.1) is 0 Å². The molecule has 4 bridgehead atoms. The Kier molecular flexibility index (Phi) is 2.75. The summed E-state index contributed by atoms with van der Waals surface area (Å²) in [5, 5.41) is 19.2. The van der Waals surface area contributed by atoms with Crippen LogP contribution >= 0.6 is 0 Å². The van der Waals surface area contributed by atoms with Crippen LogP contribution in [-0.2, 0) is 0 Å². The zero-order chi connectivity index (χ0) is 13.0. The Labute approximate surface area is 115 Å². The molecule has 0 heterocycles. The third-order valence-electron chi connectivity index (χ3n) is 5.86. The fourth-order valence-electron chi connectivity index (χ4n) is 5.48. The van der Waals surface area contributed by atoms with Gasteiger partial charge in [-0.2, -0.15) is 0 Å². The zero-order valence-corrected chi connectivity index (χ0v) is 11.2.